The number of phenolic OH excluding ortho intramolecular Hbond substituents is 1. The Bertz CT molecular complexity index is 949. The number of rotatable bonds is 6. The summed E-state index contributed by atoms with van der Waals surface area (Å²) in [5.41, 5.74) is 3.18. The number of aromatic hydroxyl groups is 1. The van der Waals surface area contributed by atoms with Crippen LogP contribution in [0.15, 0.2) is 49.1 Å². The van der Waals surface area contributed by atoms with Gasteiger partial charge in [0.05, 0.1) is 41.9 Å². The van der Waals surface area contributed by atoms with Gasteiger partial charge in [-0.2, -0.15) is 0 Å². The summed E-state index contributed by atoms with van der Waals surface area (Å²) in [6.45, 7) is 6.80. The number of allylic oxidation sites excluding steroid dienone is 1. The van der Waals surface area contributed by atoms with Gasteiger partial charge in [-0.3, -0.25) is 0 Å². The first kappa shape index (κ1) is 19.0. The van der Waals surface area contributed by atoms with Gasteiger partial charge in [0.1, 0.15) is 11.6 Å². The quantitative estimate of drug-likeness (QED) is 0.626. The third-order valence-corrected chi connectivity index (χ3v) is 6.73. The molecule has 1 aromatic heterocycles. The van der Waals surface area contributed by atoms with E-state index in [0.29, 0.717) is 11.7 Å². The predicted octanol–water partition coefficient (Wildman–Crippen LogP) is 3.70. The number of fused-ring (bicyclic) bond motifs is 1. The standard InChI is InChI=1S/C23H26N2O2S/c1-3-7-16-12-18(22(26)20(13-16)27-2)15-25-11-6-8-17(14-25)23-24-19-9-4-5-10-21(19)28-23/h3-5,9-10,12-13,17,26H,1,6-8,11,14-15H2,2H3/p+1/t17-/m0/s1. The number of phenols is 1. The van der Waals surface area contributed by atoms with E-state index < -0.39 is 0 Å². The van der Waals surface area contributed by atoms with Crippen LogP contribution < -0.4 is 9.64 Å². The van der Waals surface area contributed by atoms with Crippen LogP contribution in [0.25, 0.3) is 10.2 Å². The molecule has 5 heteroatoms. The predicted molar refractivity (Wildman–Crippen MR) is 115 cm³/mol. The van der Waals surface area contributed by atoms with Gasteiger partial charge in [0, 0.05) is 0 Å². The second kappa shape index (κ2) is 8.33. The van der Waals surface area contributed by atoms with Crippen LogP contribution in [0.3, 0.4) is 0 Å². The van der Waals surface area contributed by atoms with Gasteiger partial charge in [0.25, 0.3) is 0 Å². The van der Waals surface area contributed by atoms with Crippen molar-refractivity contribution in [2.75, 3.05) is 20.2 Å². The lowest BCUT2D eigenvalue weighted by Crippen LogP contribution is -3.12. The lowest BCUT2D eigenvalue weighted by Gasteiger charge is -2.29. The number of ether oxygens (including phenoxy) is 1. The Morgan fingerprint density at radius 1 is 1.36 bits per heavy atom. The van der Waals surface area contributed by atoms with Crippen molar-refractivity contribution in [3.63, 3.8) is 0 Å². The molecule has 2 heterocycles. The van der Waals surface area contributed by atoms with E-state index in [9.17, 15) is 5.11 Å². The largest absolute Gasteiger partial charge is 0.504 e. The highest BCUT2D eigenvalue weighted by Crippen LogP contribution is 2.33. The zero-order valence-electron chi connectivity index (χ0n) is 16.3. The van der Waals surface area contributed by atoms with Crippen LogP contribution in [-0.2, 0) is 13.0 Å². The van der Waals surface area contributed by atoms with Crippen molar-refractivity contribution in [1.29, 1.82) is 0 Å². The van der Waals surface area contributed by atoms with Gasteiger partial charge in [-0.1, -0.05) is 18.2 Å². The highest BCUT2D eigenvalue weighted by atomic mass is 32.1. The molecule has 0 spiro atoms. The van der Waals surface area contributed by atoms with E-state index in [2.05, 4.69) is 36.9 Å². The molecule has 2 atom stereocenters. The number of thiazole rings is 1. The van der Waals surface area contributed by atoms with E-state index in [1.165, 1.54) is 27.4 Å². The van der Waals surface area contributed by atoms with Gasteiger partial charge in [-0.05, 0) is 49.1 Å². The lowest BCUT2D eigenvalue weighted by atomic mass is 9.97. The number of aromatic nitrogens is 1. The average molecular weight is 396 g/mol. The number of piperidine rings is 1. The van der Waals surface area contributed by atoms with Crippen LogP contribution >= 0.6 is 11.3 Å². The number of nitrogens with one attached hydrogen (secondary N) is 1. The molecule has 0 radical (unpaired) electrons. The number of benzene rings is 2. The average Bonchev–Trinajstić information content (AvgIpc) is 3.15. The smallest absolute Gasteiger partial charge is 0.166 e. The molecule has 3 aromatic rings. The molecule has 146 valence electrons. The molecule has 1 saturated heterocycles. The van der Waals surface area contributed by atoms with Crippen molar-refractivity contribution >= 4 is 21.6 Å². The van der Waals surface area contributed by atoms with Crippen molar-refractivity contribution in [1.82, 2.24) is 4.98 Å². The number of para-hydroxylation sites is 1. The van der Waals surface area contributed by atoms with Crippen LogP contribution in [-0.4, -0.2) is 30.3 Å². The summed E-state index contributed by atoms with van der Waals surface area (Å²) in [5.74, 6) is 1.31. The van der Waals surface area contributed by atoms with Gasteiger partial charge in [-0.25, -0.2) is 4.98 Å². The van der Waals surface area contributed by atoms with Crippen LogP contribution in [0.2, 0.25) is 0 Å². The minimum absolute atomic E-state index is 0.268. The number of methoxy groups -OCH3 is 1. The Morgan fingerprint density at radius 3 is 3.00 bits per heavy atom. The fourth-order valence-corrected chi connectivity index (χ4v) is 5.26. The summed E-state index contributed by atoms with van der Waals surface area (Å²) in [4.78, 5) is 6.38. The molecule has 0 amide bonds. The summed E-state index contributed by atoms with van der Waals surface area (Å²) in [7, 11) is 1.60. The normalized spacial score (nSPS) is 19.6. The van der Waals surface area contributed by atoms with Gasteiger partial charge in [-0.15, -0.1) is 17.9 Å². The molecule has 0 bridgehead atoms. The number of likely N-dealkylation sites (tertiary alicyclic amines) is 1. The van der Waals surface area contributed by atoms with Gasteiger partial charge < -0.3 is 14.7 Å². The molecule has 2 N–H and O–H groups in total. The molecule has 4 rings (SSSR count). The second-order valence-corrected chi connectivity index (χ2v) is 8.60. The molecule has 28 heavy (non-hydrogen) atoms. The Hall–Kier alpha value is -2.37. The molecule has 4 nitrogen and oxygen atoms in total. The zero-order valence-corrected chi connectivity index (χ0v) is 17.1. The number of hydrogen-bond donors (Lipinski definition) is 2. The molecule has 1 fully saturated rings. The van der Waals surface area contributed by atoms with Crippen LogP contribution in [0.1, 0.15) is 34.9 Å². The molecule has 0 saturated carbocycles. The minimum Gasteiger partial charge on any atom is -0.504 e. The summed E-state index contributed by atoms with van der Waals surface area (Å²) in [5, 5.41) is 11.9. The molecule has 1 unspecified atom stereocenters. The van der Waals surface area contributed by atoms with E-state index in [-0.39, 0.29) is 5.75 Å². The number of quaternary nitrogens is 1. The Balaban J connectivity index is 1.53. The lowest BCUT2D eigenvalue weighted by molar-refractivity contribution is -0.920. The molecule has 0 aliphatic carbocycles. The van der Waals surface area contributed by atoms with E-state index >= 15 is 0 Å². The SMILES string of the molecule is C=CCc1cc(C[NH+]2CCC[C@H](c3nc4ccccc4s3)C2)c(O)c(OC)c1. The Morgan fingerprint density at radius 2 is 2.21 bits per heavy atom. The van der Waals surface area contributed by atoms with Crippen LogP contribution in [0.4, 0.5) is 0 Å². The molecular formula is C23H27N2O2S+. The Kier molecular flexibility index (Phi) is 5.64. The van der Waals surface area contributed by atoms with Crippen molar-refractivity contribution < 1.29 is 14.7 Å². The first-order valence-corrected chi connectivity index (χ1v) is 10.7. The molecule has 1 aliphatic heterocycles. The summed E-state index contributed by atoms with van der Waals surface area (Å²) in [6.07, 6.45) is 5.02. The Labute approximate surface area is 170 Å². The van der Waals surface area contributed by atoms with E-state index in [0.717, 1.165) is 42.7 Å². The monoisotopic (exact) mass is 395 g/mol. The van der Waals surface area contributed by atoms with Gasteiger partial charge >= 0.3 is 0 Å². The maximum absolute atomic E-state index is 10.6. The zero-order chi connectivity index (χ0) is 19.5. The van der Waals surface area contributed by atoms with Crippen molar-refractivity contribution in [3.05, 3.63) is 65.2 Å². The highest BCUT2D eigenvalue weighted by molar-refractivity contribution is 7.18. The van der Waals surface area contributed by atoms with E-state index in [4.69, 9.17) is 9.72 Å². The summed E-state index contributed by atoms with van der Waals surface area (Å²) < 4.78 is 6.65. The molecular weight excluding hydrogens is 368 g/mol. The maximum Gasteiger partial charge on any atom is 0.166 e. The second-order valence-electron chi connectivity index (χ2n) is 7.54. The van der Waals surface area contributed by atoms with Gasteiger partial charge in [0.2, 0.25) is 0 Å². The first-order valence-electron chi connectivity index (χ1n) is 9.86. The first-order chi connectivity index (χ1) is 13.7. The molecule has 2 aromatic carbocycles. The van der Waals surface area contributed by atoms with E-state index in [1.54, 1.807) is 7.11 Å². The number of hydrogen-bond acceptors (Lipinski definition) is 4. The highest BCUT2D eigenvalue weighted by Gasteiger charge is 2.28. The third-order valence-electron chi connectivity index (χ3n) is 5.53. The topological polar surface area (TPSA) is 46.8 Å². The number of nitrogens with zero attached hydrogens (tertiary/aromatic N) is 1. The van der Waals surface area contributed by atoms with Crippen molar-refractivity contribution in [2.24, 2.45) is 0 Å². The van der Waals surface area contributed by atoms with Gasteiger partial charge in [0.15, 0.2) is 11.5 Å². The third kappa shape index (κ3) is 3.91. The van der Waals surface area contributed by atoms with Crippen molar-refractivity contribution in [2.45, 2.75) is 31.7 Å². The van der Waals surface area contributed by atoms with Crippen LogP contribution in [0, 0.1) is 0 Å². The van der Waals surface area contributed by atoms with Crippen LogP contribution in [0.5, 0.6) is 11.5 Å². The summed E-state index contributed by atoms with van der Waals surface area (Å²) >= 11 is 1.83. The van der Waals surface area contributed by atoms with E-state index in [1.807, 2.05) is 23.5 Å². The fourth-order valence-electron chi connectivity index (χ4n) is 4.16. The minimum atomic E-state index is 0.268. The fraction of sp³-hybridized carbons (Fsp3) is 0.348. The maximum atomic E-state index is 10.6. The van der Waals surface area contributed by atoms with Crippen molar-refractivity contribution in [3.8, 4) is 11.5 Å². The molecule has 1 aliphatic rings. The summed E-state index contributed by atoms with van der Waals surface area (Å²) in [6, 6.07) is 12.4.